The molecule has 1 atom stereocenters. The molecular weight excluding hydrogens is 162 g/mol. The van der Waals surface area contributed by atoms with E-state index >= 15 is 0 Å². The first-order valence-corrected chi connectivity index (χ1v) is 4.69. The minimum absolute atomic E-state index is 0.400. The number of aliphatic hydroxyl groups is 1. The zero-order valence-electron chi connectivity index (χ0n) is 7.83. The van der Waals surface area contributed by atoms with E-state index in [1.807, 2.05) is 31.2 Å². The van der Waals surface area contributed by atoms with Crippen LogP contribution in [0.4, 0.5) is 5.69 Å². The molecule has 1 aliphatic rings. The molecule has 0 bridgehead atoms. The maximum Gasteiger partial charge on any atom is 0.0916 e. The minimum Gasteiger partial charge on any atom is -0.398 e. The lowest BCUT2D eigenvalue weighted by Crippen LogP contribution is -2.25. The first-order valence-electron chi connectivity index (χ1n) is 4.69. The van der Waals surface area contributed by atoms with E-state index in [0.29, 0.717) is 11.6 Å². The average molecular weight is 177 g/mol. The Morgan fingerprint density at radius 3 is 2.54 bits per heavy atom. The molecule has 0 spiro atoms. The Bertz CT molecular complexity index is 316. The Labute approximate surface area is 78.4 Å². The van der Waals surface area contributed by atoms with Gasteiger partial charge >= 0.3 is 0 Å². The highest BCUT2D eigenvalue weighted by molar-refractivity contribution is 5.49. The van der Waals surface area contributed by atoms with E-state index in [4.69, 9.17) is 5.73 Å². The van der Waals surface area contributed by atoms with Crippen LogP contribution in [0.1, 0.15) is 25.3 Å². The van der Waals surface area contributed by atoms with Crippen LogP contribution >= 0.6 is 0 Å². The summed E-state index contributed by atoms with van der Waals surface area (Å²) < 4.78 is 0. The van der Waals surface area contributed by atoms with Crippen molar-refractivity contribution in [1.82, 2.24) is 0 Å². The third-order valence-electron chi connectivity index (χ3n) is 2.88. The van der Waals surface area contributed by atoms with Gasteiger partial charge in [0.1, 0.15) is 0 Å². The lowest BCUT2D eigenvalue weighted by molar-refractivity contribution is 0.0338. The topological polar surface area (TPSA) is 46.2 Å². The molecule has 1 aromatic carbocycles. The summed E-state index contributed by atoms with van der Waals surface area (Å²) in [5.41, 5.74) is 6.65. The molecule has 0 aromatic heterocycles. The minimum atomic E-state index is -0.731. The van der Waals surface area contributed by atoms with E-state index in [9.17, 15) is 5.11 Å². The maximum absolute atomic E-state index is 10.2. The molecule has 0 radical (unpaired) electrons. The predicted molar refractivity (Wildman–Crippen MR) is 53.1 cm³/mol. The highest BCUT2D eigenvalue weighted by atomic mass is 16.3. The quantitative estimate of drug-likeness (QED) is 0.677. The van der Waals surface area contributed by atoms with Gasteiger partial charge in [0.05, 0.1) is 5.60 Å². The SMILES string of the molecule is C[C@](O)(c1ccccc1N)C1CC1. The van der Waals surface area contributed by atoms with E-state index in [0.717, 1.165) is 18.4 Å². The van der Waals surface area contributed by atoms with Crippen LogP contribution in [0.25, 0.3) is 0 Å². The summed E-state index contributed by atoms with van der Waals surface area (Å²) in [5, 5.41) is 10.2. The molecule has 1 fully saturated rings. The summed E-state index contributed by atoms with van der Waals surface area (Å²) in [5.74, 6) is 0.400. The Morgan fingerprint density at radius 2 is 2.00 bits per heavy atom. The van der Waals surface area contributed by atoms with Crippen molar-refractivity contribution in [2.75, 3.05) is 5.73 Å². The smallest absolute Gasteiger partial charge is 0.0916 e. The molecule has 2 nitrogen and oxygen atoms in total. The summed E-state index contributed by atoms with van der Waals surface area (Å²) >= 11 is 0. The normalized spacial score (nSPS) is 21.1. The molecule has 0 amide bonds. The van der Waals surface area contributed by atoms with Gasteiger partial charge in [-0.15, -0.1) is 0 Å². The summed E-state index contributed by atoms with van der Waals surface area (Å²) in [6.07, 6.45) is 2.22. The van der Waals surface area contributed by atoms with Crippen molar-refractivity contribution in [2.45, 2.75) is 25.4 Å². The average Bonchev–Trinajstić information content (AvgIpc) is 2.86. The van der Waals surface area contributed by atoms with E-state index < -0.39 is 5.60 Å². The van der Waals surface area contributed by atoms with E-state index in [-0.39, 0.29) is 0 Å². The van der Waals surface area contributed by atoms with Crippen molar-refractivity contribution < 1.29 is 5.11 Å². The van der Waals surface area contributed by atoms with Gasteiger partial charge in [-0.05, 0) is 31.7 Å². The third kappa shape index (κ3) is 1.42. The highest BCUT2D eigenvalue weighted by Gasteiger charge is 2.41. The van der Waals surface area contributed by atoms with Crippen molar-refractivity contribution in [3.05, 3.63) is 29.8 Å². The van der Waals surface area contributed by atoms with Crippen LogP contribution < -0.4 is 5.73 Å². The van der Waals surface area contributed by atoms with Crippen LogP contribution in [0.3, 0.4) is 0 Å². The number of anilines is 1. The monoisotopic (exact) mass is 177 g/mol. The van der Waals surface area contributed by atoms with Gasteiger partial charge in [-0.2, -0.15) is 0 Å². The molecule has 13 heavy (non-hydrogen) atoms. The largest absolute Gasteiger partial charge is 0.398 e. The molecule has 1 saturated carbocycles. The highest BCUT2D eigenvalue weighted by Crippen LogP contribution is 2.46. The van der Waals surface area contributed by atoms with Gasteiger partial charge in [0.2, 0.25) is 0 Å². The van der Waals surface area contributed by atoms with Gasteiger partial charge in [0.25, 0.3) is 0 Å². The molecule has 2 heteroatoms. The van der Waals surface area contributed by atoms with Gasteiger partial charge < -0.3 is 10.8 Å². The summed E-state index contributed by atoms with van der Waals surface area (Å²) in [6.45, 7) is 1.86. The zero-order chi connectivity index (χ0) is 9.47. The Balaban J connectivity index is 2.38. The zero-order valence-corrected chi connectivity index (χ0v) is 7.83. The molecule has 1 aromatic rings. The molecule has 1 aliphatic carbocycles. The number of benzene rings is 1. The van der Waals surface area contributed by atoms with Gasteiger partial charge in [-0.25, -0.2) is 0 Å². The van der Waals surface area contributed by atoms with E-state index in [1.54, 1.807) is 0 Å². The van der Waals surface area contributed by atoms with Gasteiger partial charge in [-0.1, -0.05) is 18.2 Å². The van der Waals surface area contributed by atoms with Crippen LogP contribution in [0, 0.1) is 5.92 Å². The van der Waals surface area contributed by atoms with E-state index in [1.165, 1.54) is 0 Å². The summed E-state index contributed by atoms with van der Waals surface area (Å²) in [6, 6.07) is 7.56. The van der Waals surface area contributed by atoms with Crippen LogP contribution in [0.2, 0.25) is 0 Å². The first-order chi connectivity index (χ1) is 6.12. The van der Waals surface area contributed by atoms with Crippen LogP contribution in [0.15, 0.2) is 24.3 Å². The number of nitrogens with two attached hydrogens (primary N) is 1. The lowest BCUT2D eigenvalue weighted by Gasteiger charge is -2.24. The van der Waals surface area contributed by atoms with Crippen molar-refractivity contribution >= 4 is 5.69 Å². The first kappa shape index (κ1) is 8.57. The lowest BCUT2D eigenvalue weighted by atomic mass is 9.90. The maximum atomic E-state index is 10.2. The van der Waals surface area contributed by atoms with E-state index in [2.05, 4.69) is 0 Å². The molecule has 0 heterocycles. The fourth-order valence-corrected chi connectivity index (χ4v) is 1.82. The molecule has 0 unspecified atom stereocenters. The number of nitrogen functional groups attached to an aromatic ring is 1. The van der Waals surface area contributed by atoms with Gasteiger partial charge in [-0.3, -0.25) is 0 Å². The van der Waals surface area contributed by atoms with Crippen LogP contribution in [0.5, 0.6) is 0 Å². The van der Waals surface area contributed by atoms with Crippen molar-refractivity contribution in [1.29, 1.82) is 0 Å². The second-order valence-electron chi connectivity index (χ2n) is 4.01. The van der Waals surface area contributed by atoms with Crippen molar-refractivity contribution in [2.24, 2.45) is 5.92 Å². The number of para-hydroxylation sites is 1. The number of hydrogen-bond donors (Lipinski definition) is 2. The molecule has 0 aliphatic heterocycles. The number of hydrogen-bond acceptors (Lipinski definition) is 2. The van der Waals surface area contributed by atoms with Crippen molar-refractivity contribution in [3.8, 4) is 0 Å². The third-order valence-corrected chi connectivity index (χ3v) is 2.88. The molecule has 3 N–H and O–H groups in total. The summed E-state index contributed by atoms with van der Waals surface area (Å²) in [7, 11) is 0. The molecular formula is C11H15NO. The Kier molecular flexibility index (Phi) is 1.81. The summed E-state index contributed by atoms with van der Waals surface area (Å²) in [4.78, 5) is 0. The van der Waals surface area contributed by atoms with Crippen molar-refractivity contribution in [3.63, 3.8) is 0 Å². The molecule has 0 saturated heterocycles. The van der Waals surface area contributed by atoms with Gasteiger partial charge in [0, 0.05) is 11.3 Å². The number of rotatable bonds is 2. The second kappa shape index (κ2) is 2.74. The fraction of sp³-hybridized carbons (Fsp3) is 0.455. The van der Waals surface area contributed by atoms with Crippen LogP contribution in [-0.2, 0) is 5.60 Å². The van der Waals surface area contributed by atoms with Gasteiger partial charge in [0.15, 0.2) is 0 Å². The standard InChI is InChI=1S/C11H15NO/c1-11(13,8-6-7-8)9-4-2-3-5-10(9)12/h2-5,8,13H,6-7,12H2,1H3/t11-/m1/s1. The van der Waals surface area contributed by atoms with Crippen LogP contribution in [-0.4, -0.2) is 5.11 Å². The molecule has 2 rings (SSSR count). The Hall–Kier alpha value is -1.02. The second-order valence-corrected chi connectivity index (χ2v) is 4.01. The molecule has 70 valence electrons. The Morgan fingerprint density at radius 1 is 1.38 bits per heavy atom. The fourth-order valence-electron chi connectivity index (χ4n) is 1.82. The predicted octanol–water partition coefficient (Wildman–Crippen LogP) is 1.89.